The summed E-state index contributed by atoms with van der Waals surface area (Å²) in [7, 11) is 0. The highest BCUT2D eigenvalue weighted by molar-refractivity contribution is 5.95. The molecule has 0 spiro atoms. The lowest BCUT2D eigenvalue weighted by atomic mass is 9.68. The summed E-state index contributed by atoms with van der Waals surface area (Å²) in [6, 6.07) is 32.7. The second kappa shape index (κ2) is 11.1. The maximum atomic E-state index is 12.0. The molecule has 0 saturated carbocycles. The summed E-state index contributed by atoms with van der Waals surface area (Å²) in [6.45, 7) is 10.3. The summed E-state index contributed by atoms with van der Waals surface area (Å²) in [6.07, 6.45) is 0. The molecule has 0 N–H and O–H groups in total. The molecule has 0 saturated heterocycles. The third kappa shape index (κ3) is 4.82. The van der Waals surface area contributed by atoms with Gasteiger partial charge in [0.25, 0.3) is 0 Å². The predicted molar refractivity (Wildman–Crippen MR) is 155 cm³/mol. The van der Waals surface area contributed by atoms with Crippen LogP contribution in [0.4, 0.5) is 0 Å². The Morgan fingerprint density at radius 2 is 1.12 bits per heavy atom. The van der Waals surface area contributed by atoms with E-state index in [1.54, 1.807) is 13.8 Å². The lowest BCUT2D eigenvalue weighted by molar-refractivity contribution is -0.145. The minimum atomic E-state index is -0.593. The number of benzene rings is 4. The maximum Gasteiger partial charge on any atom is 0.335 e. The van der Waals surface area contributed by atoms with Gasteiger partial charge in [-0.25, -0.2) is 4.79 Å². The van der Waals surface area contributed by atoms with E-state index < -0.39 is 11.4 Å². The van der Waals surface area contributed by atoms with Crippen LogP contribution in [0, 0.1) is 0 Å². The van der Waals surface area contributed by atoms with Crippen molar-refractivity contribution in [3.63, 3.8) is 0 Å². The van der Waals surface area contributed by atoms with Gasteiger partial charge in [0.1, 0.15) is 11.5 Å². The van der Waals surface area contributed by atoms with Crippen LogP contribution in [0.1, 0.15) is 36.1 Å². The van der Waals surface area contributed by atoms with Crippen LogP contribution in [0.3, 0.4) is 0 Å². The summed E-state index contributed by atoms with van der Waals surface area (Å²) >= 11 is 0. The van der Waals surface area contributed by atoms with Crippen molar-refractivity contribution in [2.24, 2.45) is 0 Å². The van der Waals surface area contributed by atoms with Gasteiger partial charge >= 0.3 is 5.97 Å². The quantitative estimate of drug-likeness (QED) is 0.110. The van der Waals surface area contributed by atoms with Crippen molar-refractivity contribution in [2.75, 3.05) is 13.4 Å². The first kappa shape index (κ1) is 26.7. The molecule has 0 radical (unpaired) electrons. The van der Waals surface area contributed by atoms with E-state index in [1.165, 1.54) is 22.3 Å². The van der Waals surface area contributed by atoms with Crippen LogP contribution >= 0.6 is 0 Å². The van der Waals surface area contributed by atoms with Gasteiger partial charge in [-0.3, -0.25) is 4.79 Å². The van der Waals surface area contributed by atoms with Crippen LogP contribution in [-0.2, 0) is 19.7 Å². The Balaban J connectivity index is 1.55. The largest absolute Gasteiger partial charge is 0.485 e. The Morgan fingerprint density at radius 3 is 1.60 bits per heavy atom. The maximum absolute atomic E-state index is 12.0. The fourth-order valence-corrected chi connectivity index (χ4v) is 5.17. The molecule has 200 valence electrons. The molecule has 5 nitrogen and oxygen atoms in total. The normalized spacial score (nSPS) is 12.6. The highest BCUT2D eigenvalue weighted by Crippen LogP contribution is 2.56. The van der Waals surface area contributed by atoms with Crippen molar-refractivity contribution >= 4 is 11.8 Å². The zero-order valence-corrected chi connectivity index (χ0v) is 22.6. The summed E-state index contributed by atoms with van der Waals surface area (Å²) in [5.74, 6) is 0.571. The molecule has 0 unspecified atom stereocenters. The molecule has 0 bridgehead atoms. The first-order chi connectivity index (χ1) is 19.3. The number of esters is 1. The second-order valence-corrected chi connectivity index (χ2v) is 9.86. The molecule has 0 amide bonds. The Kier molecular flexibility index (Phi) is 7.39. The van der Waals surface area contributed by atoms with E-state index in [2.05, 4.69) is 73.8 Å². The molecule has 4 aromatic rings. The van der Waals surface area contributed by atoms with Crippen molar-refractivity contribution in [1.29, 1.82) is 0 Å². The standard InChI is InChI=1S/C35H30O5/c1-23(2)33(36)21-38-27-17-13-25(14-18-27)35(26-15-19-28(20-16-26)39-22-40-34(37)24(3)4)31-11-7-5-9-29(31)30-10-6-8-12-32(30)35/h5-20H,1,3,21-22H2,2,4H3. The van der Waals surface area contributed by atoms with Gasteiger partial charge in [0.15, 0.2) is 12.4 Å². The lowest BCUT2D eigenvalue weighted by Crippen LogP contribution is -2.28. The molecule has 4 aromatic carbocycles. The number of fused-ring (bicyclic) bond motifs is 3. The number of hydrogen-bond acceptors (Lipinski definition) is 5. The molecule has 0 atom stereocenters. The third-order valence-corrected chi connectivity index (χ3v) is 7.14. The molecule has 0 heterocycles. The molecule has 1 aliphatic carbocycles. The molecular weight excluding hydrogens is 500 g/mol. The predicted octanol–water partition coefficient (Wildman–Crippen LogP) is 7.03. The average Bonchev–Trinajstić information content (AvgIpc) is 3.27. The molecule has 40 heavy (non-hydrogen) atoms. The van der Waals surface area contributed by atoms with E-state index in [1.807, 2.05) is 36.4 Å². The zero-order chi connectivity index (χ0) is 28.3. The first-order valence-corrected chi connectivity index (χ1v) is 13.0. The first-order valence-electron chi connectivity index (χ1n) is 13.0. The van der Waals surface area contributed by atoms with Gasteiger partial charge in [-0.15, -0.1) is 0 Å². The van der Waals surface area contributed by atoms with E-state index in [0.29, 0.717) is 22.6 Å². The highest BCUT2D eigenvalue weighted by atomic mass is 16.7. The molecule has 5 rings (SSSR count). The number of carbonyl (C=O) groups excluding carboxylic acids is 2. The highest BCUT2D eigenvalue weighted by Gasteiger charge is 2.45. The van der Waals surface area contributed by atoms with Gasteiger partial charge in [0, 0.05) is 5.57 Å². The van der Waals surface area contributed by atoms with E-state index in [4.69, 9.17) is 14.2 Å². The summed E-state index contributed by atoms with van der Waals surface area (Å²) < 4.78 is 16.5. The monoisotopic (exact) mass is 530 g/mol. The molecule has 0 aliphatic heterocycles. The lowest BCUT2D eigenvalue weighted by Gasteiger charge is -2.34. The van der Waals surface area contributed by atoms with E-state index >= 15 is 0 Å². The summed E-state index contributed by atoms with van der Waals surface area (Å²) in [4.78, 5) is 23.7. The number of hydrogen-bond donors (Lipinski definition) is 0. The molecular formula is C35H30O5. The minimum absolute atomic E-state index is 0.0470. The van der Waals surface area contributed by atoms with Crippen LogP contribution in [0.5, 0.6) is 11.5 Å². The van der Waals surface area contributed by atoms with Crippen molar-refractivity contribution in [3.05, 3.63) is 144 Å². The fraction of sp³-hybridized carbons (Fsp3) is 0.143. The van der Waals surface area contributed by atoms with Gasteiger partial charge in [0.2, 0.25) is 6.79 Å². The molecule has 5 heteroatoms. The SMILES string of the molecule is C=C(C)C(=O)COc1ccc(C2(c3ccc(OCOC(=O)C(=C)C)cc3)c3ccccc3-c3ccccc32)cc1. The van der Waals surface area contributed by atoms with E-state index in [9.17, 15) is 9.59 Å². The van der Waals surface area contributed by atoms with Crippen LogP contribution < -0.4 is 9.47 Å². The minimum Gasteiger partial charge on any atom is -0.485 e. The van der Waals surface area contributed by atoms with Crippen LogP contribution in [0.2, 0.25) is 0 Å². The number of Topliss-reactive ketones (excluding diaryl/α,β-unsaturated/α-hetero) is 1. The Bertz CT molecular complexity index is 1550. The van der Waals surface area contributed by atoms with Gasteiger partial charge in [-0.2, -0.15) is 0 Å². The van der Waals surface area contributed by atoms with Crippen LogP contribution in [-0.4, -0.2) is 25.2 Å². The topological polar surface area (TPSA) is 61.8 Å². The summed E-state index contributed by atoms with van der Waals surface area (Å²) in [5, 5.41) is 0. The zero-order valence-electron chi connectivity index (χ0n) is 22.6. The van der Waals surface area contributed by atoms with E-state index in [-0.39, 0.29) is 19.2 Å². The Labute approximate surface area is 234 Å². The average molecular weight is 531 g/mol. The van der Waals surface area contributed by atoms with Gasteiger partial charge in [-0.1, -0.05) is 86.0 Å². The third-order valence-electron chi connectivity index (χ3n) is 7.14. The number of rotatable bonds is 10. The fourth-order valence-electron chi connectivity index (χ4n) is 5.17. The summed E-state index contributed by atoms with van der Waals surface area (Å²) in [5.41, 5.74) is 7.02. The van der Waals surface area contributed by atoms with Gasteiger partial charge in [-0.05, 0) is 77.1 Å². The molecule has 1 aliphatic rings. The van der Waals surface area contributed by atoms with Gasteiger partial charge < -0.3 is 14.2 Å². The molecule has 0 aromatic heterocycles. The van der Waals surface area contributed by atoms with Crippen molar-refractivity contribution in [2.45, 2.75) is 19.3 Å². The smallest absolute Gasteiger partial charge is 0.335 e. The van der Waals surface area contributed by atoms with Crippen molar-refractivity contribution in [3.8, 4) is 22.6 Å². The number of ketones is 1. The van der Waals surface area contributed by atoms with Gasteiger partial charge in [0.05, 0.1) is 5.41 Å². The van der Waals surface area contributed by atoms with Crippen LogP contribution in [0.25, 0.3) is 11.1 Å². The number of carbonyl (C=O) groups is 2. The van der Waals surface area contributed by atoms with Crippen molar-refractivity contribution < 1.29 is 23.8 Å². The van der Waals surface area contributed by atoms with Crippen molar-refractivity contribution in [1.82, 2.24) is 0 Å². The Morgan fingerprint density at radius 1 is 0.650 bits per heavy atom. The number of ether oxygens (including phenoxy) is 3. The second-order valence-electron chi connectivity index (χ2n) is 9.86. The van der Waals surface area contributed by atoms with Crippen LogP contribution in [0.15, 0.2) is 121 Å². The Hall–Kier alpha value is -4.90. The molecule has 0 fully saturated rings. The van der Waals surface area contributed by atoms with E-state index in [0.717, 1.165) is 11.1 Å².